The SMILES string of the molecule is Cc1c(C(C)Nc2ccccc2)cnn1C. The topological polar surface area (TPSA) is 29.9 Å². The number of rotatable bonds is 3. The summed E-state index contributed by atoms with van der Waals surface area (Å²) < 4.78 is 1.90. The molecule has 1 aromatic heterocycles. The summed E-state index contributed by atoms with van der Waals surface area (Å²) in [7, 11) is 1.97. The van der Waals surface area contributed by atoms with Crippen molar-refractivity contribution in [1.29, 1.82) is 0 Å². The number of aromatic nitrogens is 2. The Morgan fingerprint density at radius 2 is 1.94 bits per heavy atom. The third-order valence-electron chi connectivity index (χ3n) is 2.90. The number of anilines is 1. The van der Waals surface area contributed by atoms with Gasteiger partial charge in [-0.1, -0.05) is 18.2 Å². The number of para-hydroxylation sites is 1. The normalized spacial score (nSPS) is 12.4. The molecule has 0 saturated heterocycles. The van der Waals surface area contributed by atoms with Crippen LogP contribution in [0.4, 0.5) is 5.69 Å². The first-order chi connectivity index (χ1) is 7.68. The van der Waals surface area contributed by atoms with Gasteiger partial charge in [-0.05, 0) is 26.0 Å². The van der Waals surface area contributed by atoms with Crippen LogP contribution in [0, 0.1) is 6.92 Å². The van der Waals surface area contributed by atoms with Crippen LogP contribution in [0.25, 0.3) is 0 Å². The van der Waals surface area contributed by atoms with Crippen molar-refractivity contribution >= 4 is 5.69 Å². The van der Waals surface area contributed by atoms with E-state index >= 15 is 0 Å². The van der Waals surface area contributed by atoms with Crippen LogP contribution in [-0.4, -0.2) is 9.78 Å². The quantitative estimate of drug-likeness (QED) is 0.853. The van der Waals surface area contributed by atoms with Gasteiger partial charge in [-0.3, -0.25) is 4.68 Å². The number of nitrogens with zero attached hydrogens (tertiary/aromatic N) is 2. The lowest BCUT2D eigenvalue weighted by Gasteiger charge is -2.14. The molecule has 1 N–H and O–H groups in total. The average Bonchev–Trinajstić information content (AvgIpc) is 2.61. The number of hydrogen-bond acceptors (Lipinski definition) is 2. The maximum atomic E-state index is 4.26. The molecule has 0 radical (unpaired) electrons. The number of benzene rings is 1. The minimum absolute atomic E-state index is 0.274. The fourth-order valence-electron chi connectivity index (χ4n) is 1.80. The summed E-state index contributed by atoms with van der Waals surface area (Å²) in [5.41, 5.74) is 3.58. The van der Waals surface area contributed by atoms with Gasteiger partial charge in [0.15, 0.2) is 0 Å². The highest BCUT2D eigenvalue weighted by molar-refractivity contribution is 5.45. The summed E-state index contributed by atoms with van der Waals surface area (Å²) in [6.07, 6.45) is 1.93. The zero-order chi connectivity index (χ0) is 11.5. The third-order valence-corrected chi connectivity index (χ3v) is 2.90. The lowest BCUT2D eigenvalue weighted by molar-refractivity contribution is 0.734. The second kappa shape index (κ2) is 4.39. The lowest BCUT2D eigenvalue weighted by atomic mass is 10.1. The Balaban J connectivity index is 2.15. The maximum absolute atomic E-state index is 4.26. The molecule has 1 atom stereocenters. The summed E-state index contributed by atoms with van der Waals surface area (Å²) >= 11 is 0. The molecular weight excluding hydrogens is 198 g/mol. The van der Waals surface area contributed by atoms with Crippen molar-refractivity contribution in [2.75, 3.05) is 5.32 Å². The van der Waals surface area contributed by atoms with E-state index in [1.54, 1.807) is 0 Å². The second-order valence-electron chi connectivity index (χ2n) is 4.04. The van der Waals surface area contributed by atoms with E-state index < -0.39 is 0 Å². The standard InChI is InChI=1S/C13H17N3/c1-10(13-9-14-16(3)11(13)2)15-12-7-5-4-6-8-12/h4-10,15H,1-3H3. The van der Waals surface area contributed by atoms with E-state index in [0.717, 1.165) is 5.69 Å². The summed E-state index contributed by atoms with van der Waals surface area (Å²) in [4.78, 5) is 0. The zero-order valence-corrected chi connectivity index (χ0v) is 9.94. The molecule has 0 aliphatic heterocycles. The molecule has 84 valence electrons. The van der Waals surface area contributed by atoms with Crippen molar-refractivity contribution in [3.8, 4) is 0 Å². The molecule has 0 aliphatic rings. The molecule has 2 aromatic rings. The van der Waals surface area contributed by atoms with Crippen LogP contribution in [0.2, 0.25) is 0 Å². The molecule has 2 rings (SSSR count). The summed E-state index contributed by atoms with van der Waals surface area (Å²) in [6, 6.07) is 10.5. The first-order valence-corrected chi connectivity index (χ1v) is 5.48. The number of hydrogen-bond donors (Lipinski definition) is 1. The van der Waals surface area contributed by atoms with Gasteiger partial charge in [-0.25, -0.2) is 0 Å². The lowest BCUT2D eigenvalue weighted by Crippen LogP contribution is -2.07. The highest BCUT2D eigenvalue weighted by Crippen LogP contribution is 2.20. The minimum Gasteiger partial charge on any atom is -0.378 e. The van der Waals surface area contributed by atoms with Crippen molar-refractivity contribution < 1.29 is 0 Å². The van der Waals surface area contributed by atoms with Crippen LogP contribution in [-0.2, 0) is 7.05 Å². The second-order valence-corrected chi connectivity index (χ2v) is 4.04. The molecule has 0 saturated carbocycles. The van der Waals surface area contributed by atoms with Crippen molar-refractivity contribution in [1.82, 2.24) is 9.78 Å². The van der Waals surface area contributed by atoms with Crippen LogP contribution in [0.1, 0.15) is 24.2 Å². The molecule has 0 aliphatic carbocycles. The smallest absolute Gasteiger partial charge is 0.0545 e. The van der Waals surface area contributed by atoms with Gasteiger partial charge in [0.1, 0.15) is 0 Å². The molecule has 16 heavy (non-hydrogen) atoms. The van der Waals surface area contributed by atoms with Gasteiger partial charge in [-0.2, -0.15) is 5.10 Å². The predicted molar refractivity (Wildman–Crippen MR) is 66.4 cm³/mol. The Bertz CT molecular complexity index is 459. The monoisotopic (exact) mass is 215 g/mol. The van der Waals surface area contributed by atoms with Crippen LogP contribution in [0.5, 0.6) is 0 Å². The van der Waals surface area contributed by atoms with Crippen molar-refractivity contribution in [3.05, 3.63) is 47.8 Å². The molecule has 3 heteroatoms. The van der Waals surface area contributed by atoms with E-state index in [0.29, 0.717) is 0 Å². The third kappa shape index (κ3) is 2.08. The number of aryl methyl sites for hydroxylation is 1. The van der Waals surface area contributed by atoms with Gasteiger partial charge in [0, 0.05) is 24.0 Å². The van der Waals surface area contributed by atoms with Gasteiger partial charge in [0.05, 0.1) is 12.2 Å². The molecule has 1 aromatic carbocycles. The maximum Gasteiger partial charge on any atom is 0.0545 e. The fraction of sp³-hybridized carbons (Fsp3) is 0.308. The first-order valence-electron chi connectivity index (χ1n) is 5.48. The Labute approximate surface area is 96.1 Å². The minimum atomic E-state index is 0.274. The van der Waals surface area contributed by atoms with E-state index in [2.05, 4.69) is 36.4 Å². The van der Waals surface area contributed by atoms with Crippen LogP contribution < -0.4 is 5.32 Å². The predicted octanol–water partition coefficient (Wildman–Crippen LogP) is 2.90. The van der Waals surface area contributed by atoms with Crippen LogP contribution in [0.15, 0.2) is 36.5 Å². The van der Waals surface area contributed by atoms with Gasteiger partial charge in [0.25, 0.3) is 0 Å². The Morgan fingerprint density at radius 3 is 2.50 bits per heavy atom. The Kier molecular flexibility index (Phi) is 2.95. The van der Waals surface area contributed by atoms with Gasteiger partial charge >= 0.3 is 0 Å². The molecule has 0 bridgehead atoms. The Morgan fingerprint density at radius 1 is 1.25 bits per heavy atom. The van der Waals surface area contributed by atoms with Crippen LogP contribution >= 0.6 is 0 Å². The first kappa shape index (κ1) is 10.7. The van der Waals surface area contributed by atoms with Crippen molar-refractivity contribution in [3.63, 3.8) is 0 Å². The number of nitrogens with one attached hydrogen (secondary N) is 1. The fourth-order valence-corrected chi connectivity index (χ4v) is 1.80. The van der Waals surface area contributed by atoms with Gasteiger partial charge in [0.2, 0.25) is 0 Å². The van der Waals surface area contributed by atoms with E-state index in [9.17, 15) is 0 Å². The summed E-state index contributed by atoms with van der Waals surface area (Å²) in [6.45, 7) is 4.24. The summed E-state index contributed by atoms with van der Waals surface area (Å²) in [5.74, 6) is 0. The van der Waals surface area contributed by atoms with E-state index in [-0.39, 0.29) is 6.04 Å². The van der Waals surface area contributed by atoms with Crippen LogP contribution in [0.3, 0.4) is 0 Å². The molecule has 0 fully saturated rings. The molecule has 0 spiro atoms. The highest BCUT2D eigenvalue weighted by Gasteiger charge is 2.11. The molecule has 0 amide bonds. The Hall–Kier alpha value is -1.77. The molecule has 3 nitrogen and oxygen atoms in total. The summed E-state index contributed by atoms with van der Waals surface area (Å²) in [5, 5.41) is 7.71. The van der Waals surface area contributed by atoms with Gasteiger partial charge in [-0.15, -0.1) is 0 Å². The van der Waals surface area contributed by atoms with E-state index in [1.165, 1.54) is 11.3 Å². The average molecular weight is 215 g/mol. The molecule has 1 unspecified atom stereocenters. The van der Waals surface area contributed by atoms with E-state index in [4.69, 9.17) is 0 Å². The van der Waals surface area contributed by atoms with Crippen molar-refractivity contribution in [2.45, 2.75) is 19.9 Å². The zero-order valence-electron chi connectivity index (χ0n) is 9.94. The largest absolute Gasteiger partial charge is 0.378 e. The van der Waals surface area contributed by atoms with Crippen molar-refractivity contribution in [2.24, 2.45) is 7.05 Å². The molecular formula is C13H17N3. The van der Waals surface area contributed by atoms with E-state index in [1.807, 2.05) is 36.1 Å². The highest BCUT2D eigenvalue weighted by atomic mass is 15.3. The van der Waals surface area contributed by atoms with Gasteiger partial charge < -0.3 is 5.32 Å². The molecule has 1 heterocycles.